The van der Waals surface area contributed by atoms with Crippen molar-refractivity contribution in [2.75, 3.05) is 0 Å². The van der Waals surface area contributed by atoms with E-state index in [0.717, 1.165) is 12.0 Å². The van der Waals surface area contributed by atoms with Crippen LogP contribution in [0.4, 0.5) is 0 Å². The first kappa shape index (κ1) is 25.0. The fraction of sp³-hybridized carbons (Fsp3) is 0.448. The Morgan fingerprint density at radius 3 is 2.35 bits per heavy atom. The zero-order valence-corrected chi connectivity index (χ0v) is 21.9. The van der Waals surface area contributed by atoms with Gasteiger partial charge < -0.3 is 10.5 Å². The first-order valence-corrected chi connectivity index (χ1v) is 13.0. The number of nitrogens with one attached hydrogen (secondary N) is 1. The molecule has 3 fully saturated rings. The number of carbonyl (C=O) groups is 1. The number of hydrogen-bond donors (Lipinski definition) is 2. The van der Waals surface area contributed by atoms with Crippen molar-refractivity contribution in [2.45, 2.75) is 59.5 Å². The van der Waals surface area contributed by atoms with Gasteiger partial charge in [-0.15, -0.1) is 5.10 Å². The van der Waals surface area contributed by atoms with Crippen LogP contribution in [0, 0.1) is 35.5 Å². The number of fused-ring (bicyclic) bond motifs is 2. The Labute approximate surface area is 217 Å². The molecule has 3 aliphatic carbocycles. The maximum atomic E-state index is 13.1. The largest absolute Gasteiger partial charge is 0.462 e. The first-order valence-electron chi connectivity index (χ1n) is 13.0. The number of nitrogen functional groups attached to an aromatic ring is 1. The molecule has 4 unspecified atom stereocenters. The highest BCUT2D eigenvalue weighted by molar-refractivity contribution is 5.95. The van der Waals surface area contributed by atoms with Gasteiger partial charge in [-0.1, -0.05) is 32.9 Å². The Hall–Kier alpha value is -3.68. The molecule has 0 amide bonds. The molecule has 3 aliphatic rings. The molecular weight excluding hydrogens is 466 g/mol. The Morgan fingerprint density at radius 2 is 1.76 bits per heavy atom. The summed E-state index contributed by atoms with van der Waals surface area (Å²) in [5.74, 6) is 2.11. The van der Waals surface area contributed by atoms with E-state index >= 15 is 0 Å². The van der Waals surface area contributed by atoms with Gasteiger partial charge in [0.15, 0.2) is 0 Å². The highest BCUT2D eigenvalue weighted by atomic mass is 16.5. The molecule has 3 saturated carbocycles. The lowest BCUT2D eigenvalue weighted by atomic mass is 9.45. The van der Waals surface area contributed by atoms with Crippen LogP contribution in [0.2, 0.25) is 0 Å². The lowest BCUT2D eigenvalue weighted by molar-refractivity contribution is -0.186. The summed E-state index contributed by atoms with van der Waals surface area (Å²) in [7, 11) is 0. The van der Waals surface area contributed by atoms with Gasteiger partial charge in [0.1, 0.15) is 17.8 Å². The van der Waals surface area contributed by atoms with E-state index in [4.69, 9.17) is 15.9 Å². The molecule has 3 N–H and O–H groups in total. The van der Waals surface area contributed by atoms with Gasteiger partial charge in [0.25, 0.3) is 0 Å². The predicted octanol–water partition coefficient (Wildman–Crippen LogP) is 4.16. The van der Waals surface area contributed by atoms with Gasteiger partial charge in [-0.05, 0) is 91.3 Å². The molecule has 8 nitrogen and oxygen atoms in total. The minimum atomic E-state index is -0.285. The first-order chi connectivity index (χ1) is 17.6. The van der Waals surface area contributed by atoms with Gasteiger partial charge in [-0.25, -0.2) is 9.36 Å². The van der Waals surface area contributed by atoms with Crippen LogP contribution in [0.3, 0.4) is 0 Å². The standard InChI is InChI=1S/C29H35N5O3/c1-17-24-15-21(29(24,3)4)16-25(17)37-26(35)14-7-19-5-10-22(11-6-19)33-18(2)32-34(28(33)36)23-12-8-20(9-13-23)27(30)31/h5-6,8-13,17,21,24-25H,7,14-16H2,1-4H3,(H3,30,31). The SMILES string of the molecule is Cc1nn(-c2ccc(C(=N)N)cc2)c(=O)n1-c1ccc(CCC(=O)OC2CC3CC(C2C)C3(C)C)cc1. The molecule has 6 rings (SSSR count). The second-order valence-corrected chi connectivity index (χ2v) is 11.2. The number of amidine groups is 1. The second-order valence-electron chi connectivity index (χ2n) is 11.2. The van der Waals surface area contributed by atoms with Crippen LogP contribution >= 0.6 is 0 Å². The van der Waals surface area contributed by atoms with Gasteiger partial charge in [-0.3, -0.25) is 10.2 Å². The summed E-state index contributed by atoms with van der Waals surface area (Å²) in [5, 5.41) is 11.9. The van der Waals surface area contributed by atoms with Crippen LogP contribution in [-0.4, -0.2) is 32.3 Å². The van der Waals surface area contributed by atoms with Crippen LogP contribution in [0.25, 0.3) is 11.4 Å². The van der Waals surface area contributed by atoms with Crippen molar-refractivity contribution >= 4 is 11.8 Å². The molecule has 1 aromatic heterocycles. The maximum Gasteiger partial charge on any atom is 0.355 e. The van der Waals surface area contributed by atoms with Crippen molar-refractivity contribution in [1.82, 2.24) is 14.3 Å². The third kappa shape index (κ3) is 4.49. The van der Waals surface area contributed by atoms with E-state index in [9.17, 15) is 9.59 Å². The van der Waals surface area contributed by atoms with E-state index in [2.05, 4.69) is 25.9 Å². The minimum absolute atomic E-state index is 0.0296. The zero-order valence-electron chi connectivity index (χ0n) is 21.9. The van der Waals surface area contributed by atoms with E-state index in [1.165, 1.54) is 11.1 Å². The average Bonchev–Trinajstić information content (AvgIpc) is 3.17. The van der Waals surface area contributed by atoms with Gasteiger partial charge in [0, 0.05) is 12.0 Å². The molecule has 3 aromatic rings. The van der Waals surface area contributed by atoms with Gasteiger partial charge >= 0.3 is 11.7 Å². The Balaban J connectivity index is 1.22. The minimum Gasteiger partial charge on any atom is -0.462 e. The smallest absolute Gasteiger partial charge is 0.355 e. The molecule has 0 saturated heterocycles. The molecule has 2 aromatic carbocycles. The van der Waals surface area contributed by atoms with Crippen molar-refractivity contribution in [3.05, 3.63) is 76.0 Å². The van der Waals surface area contributed by atoms with E-state index in [0.29, 0.717) is 58.8 Å². The molecule has 37 heavy (non-hydrogen) atoms. The predicted molar refractivity (Wildman–Crippen MR) is 142 cm³/mol. The summed E-state index contributed by atoms with van der Waals surface area (Å²) in [6, 6.07) is 14.4. The monoisotopic (exact) mass is 501 g/mol. The molecule has 4 atom stereocenters. The highest BCUT2D eigenvalue weighted by Crippen LogP contribution is 2.61. The van der Waals surface area contributed by atoms with E-state index in [1.807, 2.05) is 24.3 Å². The molecule has 8 heteroatoms. The molecule has 194 valence electrons. The highest BCUT2D eigenvalue weighted by Gasteiger charge is 2.57. The number of aryl methyl sites for hydroxylation is 2. The lowest BCUT2D eigenvalue weighted by Gasteiger charge is -2.61. The average molecular weight is 502 g/mol. The summed E-state index contributed by atoms with van der Waals surface area (Å²) in [6.07, 6.45) is 3.22. The Bertz CT molecular complexity index is 1380. The Morgan fingerprint density at radius 1 is 1.11 bits per heavy atom. The van der Waals surface area contributed by atoms with Gasteiger partial charge in [0.05, 0.1) is 11.4 Å². The zero-order chi connectivity index (χ0) is 26.5. The van der Waals surface area contributed by atoms with Crippen molar-refractivity contribution < 1.29 is 9.53 Å². The van der Waals surface area contributed by atoms with Crippen LogP contribution in [0.1, 0.15) is 57.0 Å². The number of hydrogen-bond acceptors (Lipinski definition) is 5. The molecular formula is C29H35N5O3. The number of rotatable bonds is 7. The number of nitrogens with two attached hydrogens (primary N) is 1. The van der Waals surface area contributed by atoms with E-state index in [-0.39, 0.29) is 23.6 Å². The number of aromatic nitrogens is 3. The fourth-order valence-corrected chi connectivity index (χ4v) is 6.26. The molecule has 0 spiro atoms. The van der Waals surface area contributed by atoms with Crippen molar-refractivity contribution in [2.24, 2.45) is 28.9 Å². The van der Waals surface area contributed by atoms with Crippen LogP contribution < -0.4 is 11.4 Å². The molecule has 2 bridgehead atoms. The van der Waals surface area contributed by atoms with Gasteiger partial charge in [-0.2, -0.15) is 4.68 Å². The third-order valence-electron chi connectivity index (χ3n) is 8.74. The topological polar surface area (TPSA) is 116 Å². The molecule has 0 aliphatic heterocycles. The molecule has 0 radical (unpaired) electrons. The summed E-state index contributed by atoms with van der Waals surface area (Å²) in [4.78, 5) is 25.7. The quantitative estimate of drug-likeness (QED) is 0.286. The lowest BCUT2D eigenvalue weighted by Crippen LogP contribution is -2.57. The Kier molecular flexibility index (Phi) is 6.30. The van der Waals surface area contributed by atoms with Crippen LogP contribution in [0.15, 0.2) is 53.3 Å². The number of nitrogens with zero attached hydrogens (tertiary/aromatic N) is 3. The summed E-state index contributed by atoms with van der Waals surface area (Å²) in [6.45, 7) is 8.70. The van der Waals surface area contributed by atoms with Crippen LogP contribution in [-0.2, 0) is 16.0 Å². The second kappa shape index (κ2) is 9.32. The molecule has 1 heterocycles. The number of benzene rings is 2. The van der Waals surface area contributed by atoms with Crippen molar-refractivity contribution in [3.63, 3.8) is 0 Å². The van der Waals surface area contributed by atoms with E-state index in [1.54, 1.807) is 35.8 Å². The maximum absolute atomic E-state index is 13.1. The van der Waals surface area contributed by atoms with Crippen molar-refractivity contribution in [1.29, 1.82) is 5.41 Å². The van der Waals surface area contributed by atoms with Gasteiger partial charge in [0.2, 0.25) is 0 Å². The summed E-state index contributed by atoms with van der Waals surface area (Å²) >= 11 is 0. The number of carbonyl (C=O) groups excluding carboxylic acids is 1. The summed E-state index contributed by atoms with van der Waals surface area (Å²) < 4.78 is 8.78. The summed E-state index contributed by atoms with van der Waals surface area (Å²) in [5.41, 5.74) is 8.51. The van der Waals surface area contributed by atoms with Crippen LogP contribution in [0.5, 0.6) is 0 Å². The normalized spacial score (nSPS) is 23.8. The van der Waals surface area contributed by atoms with Crippen molar-refractivity contribution in [3.8, 4) is 11.4 Å². The fourth-order valence-electron chi connectivity index (χ4n) is 6.26. The number of ether oxygens (including phenoxy) is 1. The third-order valence-corrected chi connectivity index (χ3v) is 8.74. The number of esters is 1. The van der Waals surface area contributed by atoms with E-state index < -0.39 is 0 Å².